The highest BCUT2D eigenvalue weighted by Crippen LogP contribution is 2.52. The maximum atomic E-state index is 5.27. The van der Waals surface area contributed by atoms with E-state index in [1.807, 2.05) is 11.8 Å². The van der Waals surface area contributed by atoms with Gasteiger partial charge in [-0.3, -0.25) is 0 Å². The lowest BCUT2D eigenvalue weighted by Gasteiger charge is -2.36. The maximum Gasteiger partial charge on any atom is 0.0947 e. The van der Waals surface area contributed by atoms with Crippen LogP contribution < -0.4 is 5.32 Å². The van der Waals surface area contributed by atoms with Gasteiger partial charge in [0.2, 0.25) is 0 Å². The number of rotatable bonds is 3. The average molecular weight is 559 g/mol. The van der Waals surface area contributed by atoms with Crippen LogP contribution in [0.25, 0.3) is 39.4 Å². The largest absolute Gasteiger partial charge is 0.372 e. The van der Waals surface area contributed by atoms with E-state index in [1.54, 1.807) is 0 Å². The number of nitrogens with one attached hydrogen (secondary N) is 1. The third-order valence-corrected chi connectivity index (χ3v) is 9.86. The average Bonchev–Trinajstić information content (AvgIpc) is 3.04. The minimum absolute atomic E-state index is 0.0987. The van der Waals surface area contributed by atoms with E-state index in [2.05, 4.69) is 153 Å². The van der Waals surface area contributed by atoms with E-state index in [1.165, 1.54) is 43.2 Å². The molecule has 2 aliphatic heterocycles. The van der Waals surface area contributed by atoms with Crippen LogP contribution in [0, 0.1) is 0 Å². The number of fused-ring (bicyclic) bond motifs is 5. The van der Waals surface area contributed by atoms with Crippen LogP contribution in [0.5, 0.6) is 0 Å². The van der Waals surface area contributed by atoms with Crippen molar-refractivity contribution in [2.75, 3.05) is 5.32 Å². The van der Waals surface area contributed by atoms with Crippen molar-refractivity contribution in [1.82, 2.24) is 4.98 Å². The summed E-state index contributed by atoms with van der Waals surface area (Å²) in [6.07, 6.45) is 4.45. The number of hydrogen-bond donors (Lipinski definition) is 1. The first-order chi connectivity index (χ1) is 20.6. The van der Waals surface area contributed by atoms with Crippen LogP contribution in [0.1, 0.15) is 42.1 Å². The number of nitrogens with zero attached hydrogens (tertiary/aromatic N) is 1. The topological polar surface area (TPSA) is 24.9 Å². The van der Waals surface area contributed by atoms with E-state index in [0.717, 1.165) is 27.8 Å². The van der Waals surface area contributed by atoms with Crippen LogP contribution in [0.4, 0.5) is 5.69 Å². The molecule has 202 valence electrons. The summed E-state index contributed by atoms with van der Waals surface area (Å²) in [5.41, 5.74) is 11.8. The van der Waals surface area contributed by atoms with Gasteiger partial charge in [0, 0.05) is 26.2 Å². The first kappa shape index (κ1) is 25.1. The molecule has 1 aromatic heterocycles. The minimum atomic E-state index is -0.0987. The lowest BCUT2D eigenvalue weighted by molar-refractivity contribution is 0.609. The lowest BCUT2D eigenvalue weighted by atomic mass is 9.74. The standard InChI is InChI=1S/C39H30N2S/c1-39(2)31-15-6-7-16-34(31)42-35-17-9-14-30(36(35)39)28-12-8-13-29(24-28)33-23-21-27-19-18-26-20-22-32(25-10-4-3-5-11-25)40-37(26)38(27)41-33/h3-24,32,40H,1-2H3. The van der Waals surface area contributed by atoms with Gasteiger partial charge < -0.3 is 5.32 Å². The molecule has 0 saturated heterocycles. The van der Waals surface area contributed by atoms with Crippen LogP contribution in [0.15, 0.2) is 137 Å². The Balaban J connectivity index is 1.21. The molecule has 42 heavy (non-hydrogen) atoms. The zero-order valence-electron chi connectivity index (χ0n) is 23.6. The van der Waals surface area contributed by atoms with E-state index < -0.39 is 0 Å². The van der Waals surface area contributed by atoms with Crippen molar-refractivity contribution in [3.05, 3.63) is 150 Å². The highest BCUT2D eigenvalue weighted by molar-refractivity contribution is 7.99. The highest BCUT2D eigenvalue weighted by atomic mass is 32.2. The summed E-state index contributed by atoms with van der Waals surface area (Å²) in [6, 6.07) is 43.9. The first-order valence-electron chi connectivity index (χ1n) is 14.5. The molecule has 1 atom stereocenters. The molecule has 2 nitrogen and oxygen atoms in total. The summed E-state index contributed by atoms with van der Waals surface area (Å²) in [4.78, 5) is 7.95. The van der Waals surface area contributed by atoms with Gasteiger partial charge in [-0.15, -0.1) is 0 Å². The van der Waals surface area contributed by atoms with Crippen LogP contribution in [-0.4, -0.2) is 4.98 Å². The lowest BCUT2D eigenvalue weighted by Crippen LogP contribution is -2.24. The van der Waals surface area contributed by atoms with E-state index in [0.29, 0.717) is 0 Å². The molecule has 3 heteroatoms. The molecule has 0 aliphatic carbocycles. The van der Waals surface area contributed by atoms with Crippen LogP contribution in [0.3, 0.4) is 0 Å². The predicted octanol–water partition coefficient (Wildman–Crippen LogP) is 10.5. The third kappa shape index (κ3) is 4.07. The van der Waals surface area contributed by atoms with Gasteiger partial charge in [-0.25, -0.2) is 4.98 Å². The summed E-state index contributed by atoms with van der Waals surface area (Å²) in [6.45, 7) is 4.71. The number of benzene rings is 5. The van der Waals surface area contributed by atoms with Crippen molar-refractivity contribution in [3.63, 3.8) is 0 Å². The Kier molecular flexibility index (Phi) is 5.84. The van der Waals surface area contributed by atoms with E-state index >= 15 is 0 Å². The highest BCUT2D eigenvalue weighted by Gasteiger charge is 2.35. The summed E-state index contributed by atoms with van der Waals surface area (Å²) < 4.78 is 0. The smallest absolute Gasteiger partial charge is 0.0947 e. The molecule has 8 rings (SSSR count). The Morgan fingerprint density at radius 3 is 2.38 bits per heavy atom. The van der Waals surface area contributed by atoms with Gasteiger partial charge in [-0.1, -0.05) is 135 Å². The molecular formula is C39H30N2S. The molecule has 0 bridgehead atoms. The quantitative estimate of drug-likeness (QED) is 0.234. The van der Waals surface area contributed by atoms with Gasteiger partial charge in [0.05, 0.1) is 22.9 Å². The molecule has 0 saturated carbocycles. The number of pyridine rings is 1. The molecule has 1 unspecified atom stereocenters. The molecule has 5 aromatic carbocycles. The van der Waals surface area contributed by atoms with E-state index in [9.17, 15) is 0 Å². The molecule has 3 heterocycles. The van der Waals surface area contributed by atoms with Gasteiger partial charge in [0.25, 0.3) is 0 Å². The van der Waals surface area contributed by atoms with Gasteiger partial charge in [-0.05, 0) is 57.6 Å². The Labute approximate surface area is 251 Å². The Morgan fingerprint density at radius 1 is 0.714 bits per heavy atom. The molecule has 0 spiro atoms. The van der Waals surface area contributed by atoms with Crippen molar-refractivity contribution in [1.29, 1.82) is 0 Å². The number of aromatic nitrogens is 1. The van der Waals surface area contributed by atoms with Crippen LogP contribution in [-0.2, 0) is 5.41 Å². The van der Waals surface area contributed by atoms with E-state index in [4.69, 9.17) is 4.98 Å². The fourth-order valence-electron chi connectivity index (χ4n) is 6.59. The Morgan fingerprint density at radius 2 is 1.48 bits per heavy atom. The summed E-state index contributed by atoms with van der Waals surface area (Å²) >= 11 is 1.88. The SMILES string of the molecule is CC1(C)c2ccccc2Sc2cccc(-c3cccc(-c4ccc5ccc6c(c5n4)NC(c4ccccc4)C=C6)c3)c21. The fraction of sp³-hybridized carbons (Fsp3) is 0.103. The number of anilines is 1. The van der Waals surface area contributed by atoms with Crippen molar-refractivity contribution in [3.8, 4) is 22.4 Å². The zero-order chi connectivity index (χ0) is 28.3. The molecular weight excluding hydrogens is 529 g/mol. The van der Waals surface area contributed by atoms with Gasteiger partial charge in [-0.2, -0.15) is 0 Å². The Hall–Kier alpha value is -4.60. The van der Waals surface area contributed by atoms with Crippen molar-refractivity contribution >= 4 is 34.4 Å². The van der Waals surface area contributed by atoms with Gasteiger partial charge >= 0.3 is 0 Å². The summed E-state index contributed by atoms with van der Waals surface area (Å²) in [5, 5.41) is 4.91. The predicted molar refractivity (Wildman–Crippen MR) is 177 cm³/mol. The van der Waals surface area contributed by atoms with Crippen molar-refractivity contribution in [2.24, 2.45) is 0 Å². The van der Waals surface area contributed by atoms with Crippen molar-refractivity contribution < 1.29 is 0 Å². The molecule has 2 aliphatic rings. The second kappa shape index (κ2) is 9.75. The maximum absolute atomic E-state index is 5.27. The fourth-order valence-corrected chi connectivity index (χ4v) is 8.02. The van der Waals surface area contributed by atoms with Gasteiger partial charge in [0.15, 0.2) is 0 Å². The minimum Gasteiger partial charge on any atom is -0.372 e. The van der Waals surface area contributed by atoms with E-state index in [-0.39, 0.29) is 11.5 Å². The summed E-state index contributed by atoms with van der Waals surface area (Å²) in [5.74, 6) is 0. The monoisotopic (exact) mass is 558 g/mol. The van der Waals surface area contributed by atoms with Crippen molar-refractivity contribution in [2.45, 2.75) is 35.1 Å². The molecule has 0 amide bonds. The van der Waals surface area contributed by atoms with Gasteiger partial charge in [0.1, 0.15) is 0 Å². The second-order valence-electron chi connectivity index (χ2n) is 11.7. The van der Waals surface area contributed by atoms with Crippen LogP contribution >= 0.6 is 11.8 Å². The summed E-state index contributed by atoms with van der Waals surface area (Å²) in [7, 11) is 0. The third-order valence-electron chi connectivity index (χ3n) is 8.72. The molecule has 0 radical (unpaired) electrons. The number of hydrogen-bond acceptors (Lipinski definition) is 3. The normalized spacial score (nSPS) is 16.3. The first-order valence-corrected chi connectivity index (χ1v) is 15.3. The second-order valence-corrected chi connectivity index (χ2v) is 12.8. The Bertz CT molecular complexity index is 2020. The zero-order valence-corrected chi connectivity index (χ0v) is 24.5. The van der Waals surface area contributed by atoms with Crippen LogP contribution in [0.2, 0.25) is 0 Å². The molecule has 6 aromatic rings. The molecule has 1 N–H and O–H groups in total. The molecule has 0 fully saturated rings.